The fourth-order valence-corrected chi connectivity index (χ4v) is 4.21. The molecule has 0 radical (unpaired) electrons. The highest BCUT2D eigenvalue weighted by molar-refractivity contribution is 6.76. The molecule has 3 aromatic rings. The van der Waals surface area contributed by atoms with Gasteiger partial charge in [-0.05, 0) is 45.4 Å². The second-order valence-corrected chi connectivity index (χ2v) is 16.4. The Balaban J connectivity index is 1.70. The van der Waals surface area contributed by atoms with Gasteiger partial charge >= 0.3 is 5.97 Å². The predicted molar refractivity (Wildman–Crippen MR) is 141 cm³/mol. The average Bonchev–Trinajstić information content (AvgIpc) is 3.20. The van der Waals surface area contributed by atoms with Crippen molar-refractivity contribution in [3.8, 4) is 28.5 Å². The standard InChI is InChI=1S/C26H37N5O4Si/c1-18-13-23(35-16-26(3,4)25(32)33-5)28-15-21(18)20-9-10-22(27-14-20)24-29-19(2)30-31(24)17-34-11-12-36(6,7)8/h9-10,13-15H,11-12,16-17H2,1-8H3. The number of carbonyl (C=O) groups is 1. The zero-order valence-corrected chi connectivity index (χ0v) is 23.6. The lowest BCUT2D eigenvalue weighted by atomic mass is 9.95. The number of hydrogen-bond acceptors (Lipinski definition) is 8. The van der Waals surface area contributed by atoms with Crippen molar-refractivity contribution >= 4 is 14.0 Å². The molecule has 36 heavy (non-hydrogen) atoms. The summed E-state index contributed by atoms with van der Waals surface area (Å²) in [6, 6.07) is 6.88. The Hall–Kier alpha value is -3.11. The SMILES string of the molecule is COC(=O)C(C)(C)COc1cc(C)c(-c2ccc(-c3nc(C)nn3COCC[Si](C)(C)C)nc2)cn1. The summed E-state index contributed by atoms with van der Waals surface area (Å²) in [5.41, 5.74) is 2.82. The van der Waals surface area contributed by atoms with Gasteiger partial charge in [-0.15, -0.1) is 0 Å². The van der Waals surface area contributed by atoms with Crippen molar-refractivity contribution in [1.29, 1.82) is 0 Å². The molecule has 10 heteroatoms. The van der Waals surface area contributed by atoms with Crippen molar-refractivity contribution in [2.24, 2.45) is 5.41 Å². The van der Waals surface area contributed by atoms with E-state index in [1.54, 1.807) is 30.9 Å². The van der Waals surface area contributed by atoms with Crippen LogP contribution in [-0.2, 0) is 21.0 Å². The molecular formula is C26H37N5O4Si. The van der Waals surface area contributed by atoms with Crippen LogP contribution >= 0.6 is 0 Å². The normalized spacial score (nSPS) is 12.0. The van der Waals surface area contributed by atoms with Crippen LogP contribution in [0.1, 0.15) is 25.2 Å². The van der Waals surface area contributed by atoms with E-state index in [0.717, 1.165) is 28.4 Å². The first kappa shape index (κ1) is 27.5. The van der Waals surface area contributed by atoms with Gasteiger partial charge < -0.3 is 14.2 Å². The fraction of sp³-hybridized carbons (Fsp3) is 0.500. The van der Waals surface area contributed by atoms with Crippen LogP contribution in [0.15, 0.2) is 30.6 Å². The molecule has 0 amide bonds. The van der Waals surface area contributed by atoms with Gasteiger partial charge in [-0.2, -0.15) is 5.10 Å². The number of nitrogens with zero attached hydrogens (tertiary/aromatic N) is 5. The molecule has 0 aromatic carbocycles. The Bertz CT molecular complexity index is 1190. The van der Waals surface area contributed by atoms with Gasteiger partial charge in [0.2, 0.25) is 5.88 Å². The van der Waals surface area contributed by atoms with Gasteiger partial charge in [0.25, 0.3) is 0 Å². The molecule has 0 atom stereocenters. The number of rotatable bonds is 11. The first-order valence-electron chi connectivity index (χ1n) is 12.0. The first-order valence-corrected chi connectivity index (χ1v) is 15.7. The molecule has 0 N–H and O–H groups in total. The number of ether oxygens (including phenoxy) is 3. The van der Waals surface area contributed by atoms with Crippen LogP contribution in [0.4, 0.5) is 0 Å². The molecule has 0 saturated heterocycles. The van der Waals surface area contributed by atoms with E-state index in [-0.39, 0.29) is 12.6 Å². The van der Waals surface area contributed by atoms with E-state index in [0.29, 0.717) is 30.9 Å². The van der Waals surface area contributed by atoms with Crippen LogP contribution in [0.25, 0.3) is 22.6 Å². The number of aryl methyl sites for hydroxylation is 2. The van der Waals surface area contributed by atoms with Crippen LogP contribution in [-0.4, -0.2) is 59.1 Å². The summed E-state index contributed by atoms with van der Waals surface area (Å²) < 4.78 is 18.2. The Morgan fingerprint density at radius 1 is 1.11 bits per heavy atom. The minimum Gasteiger partial charge on any atom is -0.476 e. The van der Waals surface area contributed by atoms with Crippen molar-refractivity contribution in [2.45, 2.75) is 60.1 Å². The Morgan fingerprint density at radius 3 is 2.47 bits per heavy atom. The van der Waals surface area contributed by atoms with Gasteiger partial charge in [0.05, 0.1) is 12.5 Å². The highest BCUT2D eigenvalue weighted by atomic mass is 28.3. The molecule has 0 saturated carbocycles. The highest BCUT2D eigenvalue weighted by Crippen LogP contribution is 2.27. The molecule has 0 aliphatic carbocycles. The number of hydrogen-bond donors (Lipinski definition) is 0. The smallest absolute Gasteiger partial charge is 0.314 e. The molecule has 0 bridgehead atoms. The third-order valence-electron chi connectivity index (χ3n) is 5.70. The van der Waals surface area contributed by atoms with E-state index in [1.807, 2.05) is 32.0 Å². The fourth-order valence-electron chi connectivity index (χ4n) is 3.45. The van der Waals surface area contributed by atoms with Gasteiger partial charge in [0.1, 0.15) is 24.9 Å². The van der Waals surface area contributed by atoms with Gasteiger partial charge in [0, 0.05) is 44.3 Å². The van der Waals surface area contributed by atoms with Gasteiger partial charge in [0.15, 0.2) is 5.82 Å². The van der Waals surface area contributed by atoms with Crippen molar-refractivity contribution in [2.75, 3.05) is 20.3 Å². The quantitative estimate of drug-likeness (QED) is 0.203. The molecular weight excluding hydrogens is 474 g/mol. The van der Waals surface area contributed by atoms with E-state index in [4.69, 9.17) is 14.2 Å². The molecule has 0 aliphatic rings. The average molecular weight is 512 g/mol. The number of carbonyl (C=O) groups excluding carboxylic acids is 1. The molecule has 0 fully saturated rings. The molecule has 3 rings (SSSR count). The highest BCUT2D eigenvalue weighted by Gasteiger charge is 2.30. The zero-order valence-electron chi connectivity index (χ0n) is 22.6. The van der Waals surface area contributed by atoms with Crippen LogP contribution in [0.3, 0.4) is 0 Å². The predicted octanol–water partition coefficient (Wildman–Crippen LogP) is 4.91. The van der Waals surface area contributed by atoms with E-state index in [2.05, 4.69) is 39.7 Å². The third-order valence-corrected chi connectivity index (χ3v) is 7.40. The summed E-state index contributed by atoms with van der Waals surface area (Å²) in [6.07, 6.45) is 3.56. The van der Waals surface area contributed by atoms with E-state index >= 15 is 0 Å². The Labute approximate surface area is 214 Å². The van der Waals surface area contributed by atoms with E-state index in [9.17, 15) is 4.79 Å². The number of pyridine rings is 2. The third kappa shape index (κ3) is 7.20. The van der Waals surface area contributed by atoms with E-state index in [1.165, 1.54) is 7.11 Å². The van der Waals surface area contributed by atoms with Gasteiger partial charge in [-0.3, -0.25) is 9.78 Å². The summed E-state index contributed by atoms with van der Waals surface area (Å²) in [4.78, 5) is 25.5. The molecule has 194 valence electrons. The van der Waals surface area contributed by atoms with Crippen LogP contribution in [0.2, 0.25) is 25.7 Å². The lowest BCUT2D eigenvalue weighted by Crippen LogP contribution is -2.32. The summed E-state index contributed by atoms with van der Waals surface area (Å²) in [5.74, 6) is 1.48. The lowest BCUT2D eigenvalue weighted by Gasteiger charge is -2.21. The molecule has 0 unspecified atom stereocenters. The maximum Gasteiger partial charge on any atom is 0.314 e. The maximum absolute atomic E-state index is 11.9. The largest absolute Gasteiger partial charge is 0.476 e. The topological polar surface area (TPSA) is 101 Å². The minimum absolute atomic E-state index is 0.170. The monoisotopic (exact) mass is 511 g/mol. The van der Waals surface area contributed by atoms with Crippen molar-refractivity contribution in [3.63, 3.8) is 0 Å². The first-order chi connectivity index (χ1) is 16.9. The maximum atomic E-state index is 11.9. The second kappa shape index (κ2) is 11.3. The number of esters is 1. The van der Waals surface area contributed by atoms with Crippen LogP contribution in [0, 0.1) is 19.3 Å². The van der Waals surface area contributed by atoms with Crippen LogP contribution in [0.5, 0.6) is 5.88 Å². The molecule has 0 spiro atoms. The van der Waals surface area contributed by atoms with Crippen molar-refractivity contribution < 1.29 is 19.0 Å². The van der Waals surface area contributed by atoms with Crippen LogP contribution < -0.4 is 4.74 Å². The number of aromatic nitrogens is 5. The molecule has 3 aromatic heterocycles. The van der Waals surface area contributed by atoms with Crippen molar-refractivity contribution in [1.82, 2.24) is 24.7 Å². The second-order valence-electron chi connectivity index (χ2n) is 10.8. The Morgan fingerprint density at radius 2 is 1.86 bits per heavy atom. The van der Waals surface area contributed by atoms with Gasteiger partial charge in [-0.1, -0.05) is 25.7 Å². The van der Waals surface area contributed by atoms with E-state index < -0.39 is 13.5 Å². The summed E-state index contributed by atoms with van der Waals surface area (Å²) in [5, 5.41) is 4.48. The summed E-state index contributed by atoms with van der Waals surface area (Å²) in [6.45, 7) is 15.6. The summed E-state index contributed by atoms with van der Waals surface area (Å²) in [7, 11) is 0.222. The minimum atomic E-state index is -1.15. The Kier molecular flexibility index (Phi) is 8.62. The number of methoxy groups -OCH3 is 1. The lowest BCUT2D eigenvalue weighted by molar-refractivity contribution is -0.152. The van der Waals surface area contributed by atoms with Crippen molar-refractivity contribution in [3.05, 3.63) is 42.0 Å². The molecule has 3 heterocycles. The zero-order chi connectivity index (χ0) is 26.5. The molecule has 9 nitrogen and oxygen atoms in total. The molecule has 0 aliphatic heterocycles. The van der Waals surface area contributed by atoms with Gasteiger partial charge in [-0.25, -0.2) is 14.6 Å². The summed E-state index contributed by atoms with van der Waals surface area (Å²) >= 11 is 0.